The zero-order chi connectivity index (χ0) is 10.3. The fourth-order valence-electron chi connectivity index (χ4n) is 1.60. The minimum Gasteiger partial charge on any atom is -0.250 e. The smallest absolute Gasteiger partial charge is 0.161 e. The average Bonchev–Trinajstić information content (AvgIpc) is 2.47. The van der Waals surface area contributed by atoms with Crippen molar-refractivity contribution in [3.05, 3.63) is 17.7 Å². The number of fused-ring (bicyclic) bond motifs is 1. The van der Waals surface area contributed by atoms with Crippen LogP contribution in [-0.4, -0.2) is 19.7 Å². The van der Waals surface area contributed by atoms with Gasteiger partial charge in [0.1, 0.15) is 5.82 Å². The normalized spacial score (nSPS) is 11.5. The molecule has 14 heavy (non-hydrogen) atoms. The van der Waals surface area contributed by atoms with Gasteiger partial charge >= 0.3 is 0 Å². The lowest BCUT2D eigenvalue weighted by Crippen LogP contribution is -2.00. The van der Waals surface area contributed by atoms with Gasteiger partial charge in [-0.25, -0.2) is 9.97 Å². The van der Waals surface area contributed by atoms with E-state index in [0.717, 1.165) is 22.6 Å². The number of aromatic nitrogens is 4. The SMILES string of the molecule is Cc1nc(C(C)C)c2cnn(C)c2n1. The summed E-state index contributed by atoms with van der Waals surface area (Å²) in [5.74, 6) is 1.22. The molecule has 0 unspecified atom stereocenters. The Bertz CT molecular complexity index is 470. The molecule has 2 aromatic heterocycles. The first-order chi connectivity index (χ1) is 6.59. The van der Waals surface area contributed by atoms with Gasteiger partial charge in [0.15, 0.2) is 5.65 Å². The van der Waals surface area contributed by atoms with Gasteiger partial charge in [0.2, 0.25) is 0 Å². The van der Waals surface area contributed by atoms with E-state index in [1.165, 1.54) is 0 Å². The molecule has 0 spiro atoms. The van der Waals surface area contributed by atoms with Crippen LogP contribution in [0.1, 0.15) is 31.3 Å². The van der Waals surface area contributed by atoms with Gasteiger partial charge in [-0.3, -0.25) is 4.68 Å². The molecule has 4 heteroatoms. The molecule has 0 saturated heterocycles. The third kappa shape index (κ3) is 1.27. The molecule has 0 aromatic carbocycles. The molecule has 0 atom stereocenters. The summed E-state index contributed by atoms with van der Waals surface area (Å²) in [4.78, 5) is 8.82. The number of rotatable bonds is 1. The summed E-state index contributed by atoms with van der Waals surface area (Å²) in [6.45, 7) is 6.18. The molecule has 0 N–H and O–H groups in total. The van der Waals surface area contributed by atoms with Crippen LogP contribution >= 0.6 is 0 Å². The third-order valence-electron chi connectivity index (χ3n) is 2.28. The number of hydrogen-bond acceptors (Lipinski definition) is 3. The van der Waals surface area contributed by atoms with Crippen LogP contribution in [0.2, 0.25) is 0 Å². The van der Waals surface area contributed by atoms with Crippen LogP contribution in [0.3, 0.4) is 0 Å². The molecule has 0 bridgehead atoms. The molecule has 0 aliphatic carbocycles. The summed E-state index contributed by atoms with van der Waals surface area (Å²) in [6, 6.07) is 0. The Labute approximate surface area is 83.0 Å². The molecule has 2 rings (SSSR count). The average molecular weight is 190 g/mol. The molecule has 0 radical (unpaired) electrons. The second-order valence-corrected chi connectivity index (χ2v) is 3.82. The summed E-state index contributed by atoms with van der Waals surface area (Å²) in [6.07, 6.45) is 1.84. The summed E-state index contributed by atoms with van der Waals surface area (Å²) in [7, 11) is 1.90. The quantitative estimate of drug-likeness (QED) is 0.688. The van der Waals surface area contributed by atoms with E-state index in [9.17, 15) is 0 Å². The second-order valence-electron chi connectivity index (χ2n) is 3.82. The topological polar surface area (TPSA) is 43.6 Å². The highest BCUT2D eigenvalue weighted by atomic mass is 15.3. The highest BCUT2D eigenvalue weighted by Gasteiger charge is 2.11. The highest BCUT2D eigenvalue weighted by molar-refractivity contribution is 5.77. The lowest BCUT2D eigenvalue weighted by Gasteiger charge is -2.06. The van der Waals surface area contributed by atoms with Crippen molar-refractivity contribution in [3.63, 3.8) is 0 Å². The van der Waals surface area contributed by atoms with Crippen molar-refractivity contribution in [2.45, 2.75) is 26.7 Å². The van der Waals surface area contributed by atoms with Gasteiger partial charge in [0, 0.05) is 7.05 Å². The van der Waals surface area contributed by atoms with E-state index in [4.69, 9.17) is 0 Å². The van der Waals surface area contributed by atoms with E-state index >= 15 is 0 Å². The minimum atomic E-state index is 0.406. The standard InChI is InChI=1S/C10H14N4/c1-6(2)9-8-5-11-14(4)10(8)13-7(3)12-9/h5-6H,1-4H3. The summed E-state index contributed by atoms with van der Waals surface area (Å²) in [5, 5.41) is 5.26. The molecule has 0 fully saturated rings. The van der Waals surface area contributed by atoms with Gasteiger partial charge in [-0.1, -0.05) is 13.8 Å². The molecule has 2 heterocycles. The van der Waals surface area contributed by atoms with E-state index in [-0.39, 0.29) is 0 Å². The fraction of sp³-hybridized carbons (Fsp3) is 0.500. The Morgan fingerprint density at radius 3 is 2.64 bits per heavy atom. The van der Waals surface area contributed by atoms with Crippen LogP contribution in [0.25, 0.3) is 11.0 Å². The Hall–Kier alpha value is -1.45. The maximum absolute atomic E-state index is 4.45. The fourth-order valence-corrected chi connectivity index (χ4v) is 1.60. The molecule has 0 aliphatic heterocycles. The van der Waals surface area contributed by atoms with Gasteiger partial charge in [-0.15, -0.1) is 0 Å². The molecular weight excluding hydrogens is 176 g/mol. The summed E-state index contributed by atoms with van der Waals surface area (Å²) >= 11 is 0. The Balaban J connectivity index is 2.82. The molecule has 74 valence electrons. The summed E-state index contributed by atoms with van der Waals surface area (Å²) < 4.78 is 1.79. The van der Waals surface area contributed by atoms with E-state index < -0.39 is 0 Å². The first-order valence-corrected chi connectivity index (χ1v) is 4.76. The predicted molar refractivity (Wildman–Crippen MR) is 55.1 cm³/mol. The zero-order valence-corrected chi connectivity index (χ0v) is 8.94. The third-order valence-corrected chi connectivity index (χ3v) is 2.28. The number of aryl methyl sites for hydroxylation is 2. The van der Waals surface area contributed by atoms with Gasteiger partial charge in [-0.2, -0.15) is 5.10 Å². The second kappa shape index (κ2) is 3.04. The van der Waals surface area contributed by atoms with Crippen molar-refractivity contribution in [2.75, 3.05) is 0 Å². The van der Waals surface area contributed by atoms with Crippen molar-refractivity contribution in [2.24, 2.45) is 7.05 Å². The lowest BCUT2D eigenvalue weighted by molar-refractivity contribution is 0.777. The first kappa shape index (κ1) is 9.12. The maximum atomic E-state index is 4.45. The van der Waals surface area contributed by atoms with Gasteiger partial charge in [0.05, 0.1) is 17.3 Å². The Morgan fingerprint density at radius 2 is 2.00 bits per heavy atom. The van der Waals surface area contributed by atoms with Gasteiger partial charge in [-0.05, 0) is 12.8 Å². The van der Waals surface area contributed by atoms with Crippen molar-refractivity contribution < 1.29 is 0 Å². The predicted octanol–water partition coefficient (Wildman–Crippen LogP) is 1.80. The van der Waals surface area contributed by atoms with E-state index in [2.05, 4.69) is 28.9 Å². The monoisotopic (exact) mass is 190 g/mol. The number of nitrogens with zero attached hydrogens (tertiary/aromatic N) is 4. The largest absolute Gasteiger partial charge is 0.250 e. The molecule has 0 amide bonds. The van der Waals surface area contributed by atoms with E-state index in [1.54, 1.807) is 4.68 Å². The maximum Gasteiger partial charge on any atom is 0.161 e. The van der Waals surface area contributed by atoms with Crippen molar-refractivity contribution in [1.82, 2.24) is 19.7 Å². The summed E-state index contributed by atoms with van der Waals surface area (Å²) in [5.41, 5.74) is 2.00. The first-order valence-electron chi connectivity index (χ1n) is 4.76. The van der Waals surface area contributed by atoms with Crippen LogP contribution < -0.4 is 0 Å². The van der Waals surface area contributed by atoms with Gasteiger partial charge in [0.25, 0.3) is 0 Å². The molecule has 4 nitrogen and oxygen atoms in total. The Kier molecular flexibility index (Phi) is 1.98. The number of hydrogen-bond donors (Lipinski definition) is 0. The lowest BCUT2D eigenvalue weighted by atomic mass is 10.1. The molecule has 2 aromatic rings. The zero-order valence-electron chi connectivity index (χ0n) is 8.94. The van der Waals surface area contributed by atoms with Gasteiger partial charge < -0.3 is 0 Å². The van der Waals surface area contributed by atoms with Crippen LogP contribution in [0.5, 0.6) is 0 Å². The molecular formula is C10H14N4. The van der Waals surface area contributed by atoms with Crippen molar-refractivity contribution in [1.29, 1.82) is 0 Å². The van der Waals surface area contributed by atoms with Crippen molar-refractivity contribution in [3.8, 4) is 0 Å². The van der Waals surface area contributed by atoms with Crippen LogP contribution in [0, 0.1) is 6.92 Å². The van der Waals surface area contributed by atoms with Crippen LogP contribution in [0.4, 0.5) is 0 Å². The van der Waals surface area contributed by atoms with Crippen LogP contribution in [0.15, 0.2) is 6.20 Å². The minimum absolute atomic E-state index is 0.406. The molecule has 0 aliphatic rings. The van der Waals surface area contributed by atoms with E-state index in [0.29, 0.717) is 5.92 Å². The Morgan fingerprint density at radius 1 is 1.29 bits per heavy atom. The van der Waals surface area contributed by atoms with Crippen molar-refractivity contribution >= 4 is 11.0 Å². The van der Waals surface area contributed by atoms with E-state index in [1.807, 2.05) is 20.2 Å². The highest BCUT2D eigenvalue weighted by Crippen LogP contribution is 2.21. The molecule has 0 saturated carbocycles. The van der Waals surface area contributed by atoms with Crippen LogP contribution in [-0.2, 0) is 7.05 Å².